The van der Waals surface area contributed by atoms with Crippen LogP contribution in [0.2, 0.25) is 0 Å². The lowest BCUT2D eigenvalue weighted by Crippen LogP contribution is -2.52. The Morgan fingerprint density at radius 3 is 2.71 bits per heavy atom. The summed E-state index contributed by atoms with van der Waals surface area (Å²) < 4.78 is 11.0. The molecule has 0 radical (unpaired) electrons. The molecule has 134 valence electrons. The molecule has 2 aliphatic heterocycles. The molecule has 0 spiro atoms. The van der Waals surface area contributed by atoms with Gasteiger partial charge in [0.1, 0.15) is 5.54 Å². The molecule has 2 fully saturated rings. The number of carbonyl (C=O) groups is 1. The summed E-state index contributed by atoms with van der Waals surface area (Å²) in [6.07, 6.45) is 3.21. The second-order valence-electron chi connectivity index (χ2n) is 6.92. The number of carbonyl (C=O) groups excluding carboxylic acids is 1. The molecule has 0 bridgehead atoms. The van der Waals surface area contributed by atoms with Crippen LogP contribution in [-0.4, -0.2) is 55.4 Å². The second kappa shape index (κ2) is 7.63. The van der Waals surface area contributed by atoms with Gasteiger partial charge in [-0.2, -0.15) is 0 Å². The number of nitrogens with two attached hydrogens (primary N) is 1. The Hall–Kier alpha value is -1.44. The van der Waals surface area contributed by atoms with Gasteiger partial charge in [0.25, 0.3) is 0 Å². The molecule has 0 unspecified atom stereocenters. The van der Waals surface area contributed by atoms with Gasteiger partial charge < -0.3 is 25.2 Å². The molecule has 2 saturated heterocycles. The lowest BCUT2D eigenvalue weighted by atomic mass is 9.85. The van der Waals surface area contributed by atoms with Gasteiger partial charge in [0.15, 0.2) is 5.76 Å². The third kappa shape index (κ3) is 3.79. The Morgan fingerprint density at radius 1 is 1.42 bits per heavy atom. The van der Waals surface area contributed by atoms with Crippen molar-refractivity contribution < 1.29 is 14.1 Å². The topological polar surface area (TPSA) is 93.6 Å². The van der Waals surface area contributed by atoms with E-state index in [0.717, 1.165) is 56.8 Å². The van der Waals surface area contributed by atoms with Crippen molar-refractivity contribution in [2.24, 2.45) is 11.7 Å². The van der Waals surface area contributed by atoms with Gasteiger partial charge in [-0.3, -0.25) is 4.79 Å². The molecule has 7 nitrogen and oxygen atoms in total. The maximum absolute atomic E-state index is 12.9. The van der Waals surface area contributed by atoms with Crippen molar-refractivity contribution in [2.45, 2.75) is 38.1 Å². The number of amides is 1. The van der Waals surface area contributed by atoms with E-state index in [1.807, 2.05) is 13.0 Å². The lowest BCUT2D eigenvalue weighted by Gasteiger charge is -2.38. The van der Waals surface area contributed by atoms with E-state index in [1.165, 1.54) is 0 Å². The van der Waals surface area contributed by atoms with Crippen LogP contribution in [0.5, 0.6) is 0 Å². The van der Waals surface area contributed by atoms with E-state index in [1.54, 1.807) is 0 Å². The first-order valence-electron chi connectivity index (χ1n) is 8.89. The van der Waals surface area contributed by atoms with Gasteiger partial charge in [0.2, 0.25) is 5.91 Å². The molecule has 7 heteroatoms. The van der Waals surface area contributed by atoms with Crippen molar-refractivity contribution in [2.75, 3.05) is 39.4 Å². The third-order valence-electron chi connectivity index (χ3n) is 5.21. The van der Waals surface area contributed by atoms with E-state index in [-0.39, 0.29) is 11.8 Å². The Labute approximate surface area is 142 Å². The van der Waals surface area contributed by atoms with Gasteiger partial charge in [-0.05, 0) is 32.9 Å². The number of rotatable bonds is 5. The molecule has 2 aliphatic rings. The molecule has 0 atom stereocenters. The van der Waals surface area contributed by atoms with Crippen LogP contribution in [0.1, 0.15) is 37.1 Å². The second-order valence-corrected chi connectivity index (χ2v) is 6.92. The fraction of sp³-hybridized carbons (Fsp3) is 0.765. The van der Waals surface area contributed by atoms with E-state index in [2.05, 4.69) is 15.4 Å². The molecular weight excluding hydrogens is 308 g/mol. The van der Waals surface area contributed by atoms with Crippen LogP contribution >= 0.6 is 0 Å². The predicted octanol–water partition coefficient (Wildman–Crippen LogP) is 0.776. The summed E-state index contributed by atoms with van der Waals surface area (Å²) >= 11 is 0. The van der Waals surface area contributed by atoms with Gasteiger partial charge >= 0.3 is 0 Å². The Kier molecular flexibility index (Phi) is 5.53. The maximum atomic E-state index is 12.9. The number of hydrogen-bond acceptors (Lipinski definition) is 6. The minimum absolute atomic E-state index is 0.0581. The van der Waals surface area contributed by atoms with Crippen molar-refractivity contribution in [1.29, 1.82) is 0 Å². The SMILES string of the molecule is Cc1cc(C2(NC(=O)C3CCN(CCN)CC3)CCOCC2)on1. The van der Waals surface area contributed by atoms with Gasteiger partial charge in [0, 0.05) is 51.1 Å². The summed E-state index contributed by atoms with van der Waals surface area (Å²) in [5.41, 5.74) is 5.96. The van der Waals surface area contributed by atoms with Crippen LogP contribution in [0, 0.1) is 12.8 Å². The molecule has 0 saturated carbocycles. The average molecular weight is 336 g/mol. The molecule has 0 aliphatic carbocycles. The molecule has 1 aromatic rings. The van der Waals surface area contributed by atoms with Gasteiger partial charge in [-0.25, -0.2) is 0 Å². The summed E-state index contributed by atoms with van der Waals surface area (Å²) in [5, 5.41) is 7.28. The monoisotopic (exact) mass is 336 g/mol. The molecule has 1 aromatic heterocycles. The van der Waals surface area contributed by atoms with Crippen LogP contribution in [0.15, 0.2) is 10.6 Å². The number of likely N-dealkylation sites (tertiary alicyclic amines) is 1. The Bertz CT molecular complexity index is 546. The number of aromatic nitrogens is 1. The number of piperidine rings is 1. The number of ether oxygens (including phenoxy) is 1. The zero-order valence-electron chi connectivity index (χ0n) is 14.4. The zero-order valence-corrected chi connectivity index (χ0v) is 14.4. The van der Waals surface area contributed by atoms with E-state index in [4.69, 9.17) is 15.0 Å². The average Bonchev–Trinajstić information content (AvgIpc) is 3.04. The normalized spacial score (nSPS) is 22.4. The molecular formula is C17H28N4O3. The van der Waals surface area contributed by atoms with E-state index in [0.29, 0.717) is 19.8 Å². The van der Waals surface area contributed by atoms with Gasteiger partial charge in [0.05, 0.1) is 5.69 Å². The minimum atomic E-state index is -0.481. The summed E-state index contributed by atoms with van der Waals surface area (Å²) in [4.78, 5) is 15.2. The molecule has 0 aromatic carbocycles. The van der Waals surface area contributed by atoms with Crippen LogP contribution in [0.3, 0.4) is 0 Å². The molecule has 24 heavy (non-hydrogen) atoms. The van der Waals surface area contributed by atoms with Crippen LogP contribution < -0.4 is 11.1 Å². The quantitative estimate of drug-likeness (QED) is 0.825. The highest BCUT2D eigenvalue weighted by Crippen LogP contribution is 2.33. The molecule has 3 rings (SSSR count). The molecule has 3 heterocycles. The third-order valence-corrected chi connectivity index (χ3v) is 5.21. The maximum Gasteiger partial charge on any atom is 0.224 e. The van der Waals surface area contributed by atoms with Crippen LogP contribution in [0.4, 0.5) is 0 Å². The molecule has 3 N–H and O–H groups in total. The van der Waals surface area contributed by atoms with Crippen LogP contribution in [0.25, 0.3) is 0 Å². The first-order valence-corrected chi connectivity index (χ1v) is 8.89. The highest BCUT2D eigenvalue weighted by atomic mass is 16.5. The first-order chi connectivity index (χ1) is 11.6. The summed E-state index contributed by atoms with van der Waals surface area (Å²) in [5.74, 6) is 0.929. The van der Waals surface area contributed by atoms with Crippen molar-refractivity contribution in [3.05, 3.63) is 17.5 Å². The zero-order chi connectivity index (χ0) is 17.0. The summed E-state index contributed by atoms with van der Waals surface area (Å²) in [7, 11) is 0. The standard InChI is InChI=1S/C17H28N4O3/c1-13-12-15(24-20-13)17(4-10-23-11-5-17)19-16(22)14-2-7-21(8-3-14)9-6-18/h12,14H,2-11,18H2,1H3,(H,19,22). The minimum Gasteiger partial charge on any atom is -0.381 e. The smallest absolute Gasteiger partial charge is 0.224 e. The number of nitrogens with zero attached hydrogens (tertiary/aromatic N) is 2. The van der Waals surface area contributed by atoms with E-state index < -0.39 is 5.54 Å². The van der Waals surface area contributed by atoms with Crippen LogP contribution in [-0.2, 0) is 15.1 Å². The van der Waals surface area contributed by atoms with Crippen molar-refractivity contribution in [3.8, 4) is 0 Å². The number of hydrogen-bond donors (Lipinski definition) is 2. The first kappa shape index (κ1) is 17.4. The lowest BCUT2D eigenvalue weighted by molar-refractivity contribution is -0.130. The summed E-state index contributed by atoms with van der Waals surface area (Å²) in [6, 6.07) is 1.93. The fourth-order valence-electron chi connectivity index (χ4n) is 3.68. The predicted molar refractivity (Wildman–Crippen MR) is 89.3 cm³/mol. The Balaban J connectivity index is 1.66. The molecule has 1 amide bonds. The van der Waals surface area contributed by atoms with Gasteiger partial charge in [-0.15, -0.1) is 0 Å². The van der Waals surface area contributed by atoms with E-state index >= 15 is 0 Å². The highest BCUT2D eigenvalue weighted by Gasteiger charge is 2.41. The van der Waals surface area contributed by atoms with E-state index in [9.17, 15) is 4.79 Å². The van der Waals surface area contributed by atoms with Crippen molar-refractivity contribution in [3.63, 3.8) is 0 Å². The Morgan fingerprint density at radius 2 is 2.12 bits per heavy atom. The number of aryl methyl sites for hydroxylation is 1. The van der Waals surface area contributed by atoms with Gasteiger partial charge in [-0.1, -0.05) is 5.16 Å². The largest absolute Gasteiger partial charge is 0.381 e. The fourth-order valence-corrected chi connectivity index (χ4v) is 3.68. The van der Waals surface area contributed by atoms with Crippen molar-refractivity contribution >= 4 is 5.91 Å². The summed E-state index contributed by atoms with van der Waals surface area (Å²) in [6.45, 7) is 6.59. The number of nitrogens with one attached hydrogen (secondary N) is 1. The highest BCUT2D eigenvalue weighted by molar-refractivity contribution is 5.79. The van der Waals surface area contributed by atoms with Crippen molar-refractivity contribution in [1.82, 2.24) is 15.4 Å².